The predicted octanol–water partition coefficient (Wildman–Crippen LogP) is 2.33. The average molecular weight is 248 g/mol. The smallest absolute Gasteiger partial charge is 0.230 e. The van der Waals surface area contributed by atoms with E-state index in [1.54, 1.807) is 36.8 Å². The van der Waals surface area contributed by atoms with Gasteiger partial charge in [0.1, 0.15) is 11.6 Å². The fraction of sp³-hybridized carbons (Fsp3) is 0.167. The van der Waals surface area contributed by atoms with Crippen molar-refractivity contribution in [2.24, 2.45) is 0 Å². The molecule has 0 aliphatic rings. The number of pyridine rings is 1. The van der Waals surface area contributed by atoms with Gasteiger partial charge in [-0.25, -0.2) is 4.98 Å². The van der Waals surface area contributed by atoms with Gasteiger partial charge < -0.3 is 10.1 Å². The number of carbonyl (C=O) groups is 1. The van der Waals surface area contributed by atoms with E-state index in [0.717, 1.165) is 4.88 Å². The summed E-state index contributed by atoms with van der Waals surface area (Å²) in [5.74, 6) is 1.10. The van der Waals surface area contributed by atoms with Crippen LogP contribution in [0.2, 0.25) is 0 Å². The number of nitrogens with zero attached hydrogens (tertiary/aromatic N) is 1. The quantitative estimate of drug-likeness (QED) is 0.903. The Morgan fingerprint density at radius 1 is 1.53 bits per heavy atom. The van der Waals surface area contributed by atoms with Crippen LogP contribution in [0.1, 0.15) is 4.88 Å². The molecule has 2 aromatic heterocycles. The number of anilines is 1. The Morgan fingerprint density at radius 2 is 2.41 bits per heavy atom. The van der Waals surface area contributed by atoms with Gasteiger partial charge in [-0.3, -0.25) is 4.79 Å². The van der Waals surface area contributed by atoms with Gasteiger partial charge in [-0.05, 0) is 17.5 Å². The van der Waals surface area contributed by atoms with Gasteiger partial charge in [0, 0.05) is 17.1 Å². The predicted molar refractivity (Wildman–Crippen MR) is 67.4 cm³/mol. The number of ether oxygens (including phenoxy) is 1. The Kier molecular flexibility index (Phi) is 3.72. The van der Waals surface area contributed by atoms with Crippen LogP contribution in [0.15, 0.2) is 35.8 Å². The second-order valence-electron chi connectivity index (χ2n) is 3.39. The molecular formula is C12H12N2O2S. The fourth-order valence-electron chi connectivity index (χ4n) is 1.36. The van der Waals surface area contributed by atoms with Crippen LogP contribution >= 0.6 is 11.3 Å². The summed E-state index contributed by atoms with van der Waals surface area (Å²) < 4.78 is 5.05. The lowest BCUT2D eigenvalue weighted by atomic mass is 10.3. The van der Waals surface area contributed by atoms with E-state index < -0.39 is 0 Å². The maximum atomic E-state index is 11.7. The van der Waals surface area contributed by atoms with Gasteiger partial charge in [0.05, 0.1) is 13.5 Å². The van der Waals surface area contributed by atoms with E-state index in [9.17, 15) is 4.79 Å². The van der Waals surface area contributed by atoms with E-state index in [2.05, 4.69) is 10.3 Å². The van der Waals surface area contributed by atoms with Crippen molar-refractivity contribution in [3.05, 3.63) is 40.7 Å². The third-order valence-electron chi connectivity index (χ3n) is 2.15. The Labute approximate surface area is 103 Å². The molecular weight excluding hydrogens is 236 g/mol. The zero-order valence-corrected chi connectivity index (χ0v) is 10.2. The van der Waals surface area contributed by atoms with E-state index >= 15 is 0 Å². The second-order valence-corrected chi connectivity index (χ2v) is 4.42. The van der Waals surface area contributed by atoms with E-state index in [1.165, 1.54) is 0 Å². The summed E-state index contributed by atoms with van der Waals surface area (Å²) in [6.07, 6.45) is 1.97. The number of hydrogen-bond acceptors (Lipinski definition) is 4. The van der Waals surface area contributed by atoms with Crippen LogP contribution < -0.4 is 10.1 Å². The highest BCUT2D eigenvalue weighted by molar-refractivity contribution is 7.10. The third kappa shape index (κ3) is 3.29. The molecule has 2 heterocycles. The van der Waals surface area contributed by atoms with Gasteiger partial charge in [-0.1, -0.05) is 6.07 Å². The van der Waals surface area contributed by atoms with Crippen molar-refractivity contribution in [3.8, 4) is 5.75 Å². The number of amides is 1. The molecule has 2 rings (SSSR count). The Hall–Kier alpha value is -1.88. The lowest BCUT2D eigenvalue weighted by Gasteiger charge is -2.05. The summed E-state index contributed by atoms with van der Waals surface area (Å²) in [6, 6.07) is 7.28. The molecule has 0 aliphatic heterocycles. The molecule has 5 heteroatoms. The van der Waals surface area contributed by atoms with Crippen LogP contribution in [0.4, 0.5) is 5.82 Å². The maximum absolute atomic E-state index is 11.7. The van der Waals surface area contributed by atoms with Gasteiger partial charge >= 0.3 is 0 Å². The molecule has 0 aliphatic carbocycles. The monoisotopic (exact) mass is 248 g/mol. The minimum Gasteiger partial charge on any atom is -0.497 e. The first-order valence-electron chi connectivity index (χ1n) is 5.10. The van der Waals surface area contributed by atoms with E-state index in [4.69, 9.17) is 4.74 Å². The highest BCUT2D eigenvalue weighted by Crippen LogP contribution is 2.15. The topological polar surface area (TPSA) is 51.2 Å². The van der Waals surface area contributed by atoms with Crippen molar-refractivity contribution in [2.45, 2.75) is 6.42 Å². The van der Waals surface area contributed by atoms with Gasteiger partial charge in [0.15, 0.2) is 0 Å². The van der Waals surface area contributed by atoms with Crippen molar-refractivity contribution in [3.63, 3.8) is 0 Å². The minimum atomic E-state index is -0.0757. The Balaban J connectivity index is 1.98. The number of thiophene rings is 1. The zero-order chi connectivity index (χ0) is 12.1. The van der Waals surface area contributed by atoms with Gasteiger partial charge in [-0.2, -0.15) is 0 Å². The highest BCUT2D eigenvalue weighted by Gasteiger charge is 2.06. The maximum Gasteiger partial charge on any atom is 0.230 e. The number of carbonyl (C=O) groups excluding carboxylic acids is 1. The van der Waals surface area contributed by atoms with E-state index in [1.807, 2.05) is 17.5 Å². The van der Waals surface area contributed by atoms with Crippen LogP contribution in [0.25, 0.3) is 0 Å². The molecule has 2 aromatic rings. The standard InChI is InChI=1S/C12H12N2O2S/c1-16-9-4-5-13-11(7-9)14-12(15)8-10-3-2-6-17-10/h2-7H,8H2,1H3,(H,13,14,15). The van der Waals surface area contributed by atoms with Crippen LogP contribution in [-0.2, 0) is 11.2 Å². The lowest BCUT2D eigenvalue weighted by molar-refractivity contribution is -0.115. The average Bonchev–Trinajstić information content (AvgIpc) is 2.82. The molecule has 88 valence electrons. The number of methoxy groups -OCH3 is 1. The molecule has 0 aromatic carbocycles. The van der Waals surface area contributed by atoms with E-state index in [0.29, 0.717) is 18.0 Å². The first-order chi connectivity index (χ1) is 8.28. The molecule has 0 bridgehead atoms. The van der Waals surface area contributed by atoms with Gasteiger partial charge in [-0.15, -0.1) is 11.3 Å². The molecule has 17 heavy (non-hydrogen) atoms. The molecule has 0 spiro atoms. The highest BCUT2D eigenvalue weighted by atomic mass is 32.1. The first-order valence-corrected chi connectivity index (χ1v) is 5.98. The number of aromatic nitrogens is 1. The summed E-state index contributed by atoms with van der Waals surface area (Å²) in [4.78, 5) is 16.8. The van der Waals surface area contributed by atoms with Crippen molar-refractivity contribution >= 4 is 23.1 Å². The van der Waals surface area contributed by atoms with Crippen molar-refractivity contribution in [2.75, 3.05) is 12.4 Å². The van der Waals surface area contributed by atoms with Crippen molar-refractivity contribution in [1.29, 1.82) is 0 Å². The van der Waals surface area contributed by atoms with E-state index in [-0.39, 0.29) is 5.91 Å². The molecule has 4 nitrogen and oxygen atoms in total. The molecule has 1 amide bonds. The van der Waals surface area contributed by atoms with Gasteiger partial charge in [0.2, 0.25) is 5.91 Å². The molecule has 0 saturated carbocycles. The summed E-state index contributed by atoms with van der Waals surface area (Å²) in [5, 5.41) is 4.68. The molecule has 0 radical (unpaired) electrons. The van der Waals surface area contributed by atoms with Crippen LogP contribution in [0, 0.1) is 0 Å². The molecule has 0 atom stereocenters. The largest absolute Gasteiger partial charge is 0.497 e. The normalized spacial score (nSPS) is 9.94. The lowest BCUT2D eigenvalue weighted by Crippen LogP contribution is -2.14. The van der Waals surface area contributed by atoms with Crippen LogP contribution in [0.5, 0.6) is 5.75 Å². The minimum absolute atomic E-state index is 0.0757. The SMILES string of the molecule is COc1ccnc(NC(=O)Cc2cccs2)c1. The molecule has 0 fully saturated rings. The van der Waals surface area contributed by atoms with Crippen molar-refractivity contribution < 1.29 is 9.53 Å². The number of nitrogens with one attached hydrogen (secondary N) is 1. The summed E-state index contributed by atoms with van der Waals surface area (Å²) in [7, 11) is 1.58. The summed E-state index contributed by atoms with van der Waals surface area (Å²) >= 11 is 1.56. The Morgan fingerprint density at radius 3 is 3.12 bits per heavy atom. The zero-order valence-electron chi connectivity index (χ0n) is 9.34. The van der Waals surface area contributed by atoms with Gasteiger partial charge in [0.25, 0.3) is 0 Å². The number of hydrogen-bond donors (Lipinski definition) is 1. The molecule has 1 N–H and O–H groups in total. The number of rotatable bonds is 4. The first kappa shape index (κ1) is 11.6. The third-order valence-corrected chi connectivity index (χ3v) is 3.03. The summed E-state index contributed by atoms with van der Waals surface area (Å²) in [6.45, 7) is 0. The molecule has 0 unspecified atom stereocenters. The summed E-state index contributed by atoms with van der Waals surface area (Å²) in [5.41, 5.74) is 0. The fourth-order valence-corrected chi connectivity index (χ4v) is 2.07. The second kappa shape index (κ2) is 5.45. The Bertz CT molecular complexity index is 497. The molecule has 0 saturated heterocycles. The van der Waals surface area contributed by atoms with Crippen LogP contribution in [-0.4, -0.2) is 18.0 Å². The van der Waals surface area contributed by atoms with Crippen molar-refractivity contribution in [1.82, 2.24) is 4.98 Å². The van der Waals surface area contributed by atoms with Crippen LogP contribution in [0.3, 0.4) is 0 Å².